The largest absolute Gasteiger partial charge is 0.497 e. The molecule has 1 amide bonds. The first-order valence-corrected chi connectivity index (χ1v) is 8.89. The highest BCUT2D eigenvalue weighted by Gasteiger charge is 2.25. The van der Waals surface area contributed by atoms with Crippen molar-refractivity contribution in [2.24, 2.45) is 5.16 Å². The van der Waals surface area contributed by atoms with Crippen molar-refractivity contribution in [3.05, 3.63) is 58.1 Å². The Labute approximate surface area is 160 Å². The molecule has 0 spiro atoms. The number of hydrogen-bond donors (Lipinski definition) is 1. The Balaban J connectivity index is 1.60. The van der Waals surface area contributed by atoms with Gasteiger partial charge in [0.25, 0.3) is 5.91 Å². The predicted octanol–water partition coefficient (Wildman–Crippen LogP) is 3.39. The molecule has 6 nitrogen and oxygen atoms in total. The van der Waals surface area contributed by atoms with Gasteiger partial charge in [0, 0.05) is 22.5 Å². The third-order valence-electron chi connectivity index (χ3n) is 4.06. The standard InChI is InChI=1S/C19H19BrN2O4/c1-24-12-7-8-15(18(10-12)25-2)17-9-13(26-22-17)11-21-19(23)14-5-3-4-6-16(14)20/h3-8,10,13H,9,11H2,1-2H3,(H,21,23)/t13-/m1/s1. The van der Waals surface area contributed by atoms with Gasteiger partial charge in [0.05, 0.1) is 32.0 Å². The maximum atomic E-state index is 12.3. The summed E-state index contributed by atoms with van der Waals surface area (Å²) in [6.07, 6.45) is 0.363. The Bertz CT molecular complexity index is 838. The van der Waals surface area contributed by atoms with Crippen molar-refractivity contribution in [2.45, 2.75) is 12.5 Å². The lowest BCUT2D eigenvalue weighted by Gasteiger charge is -2.11. The SMILES string of the molecule is COc1ccc(C2=NO[C@@H](CNC(=O)c3ccccc3Br)C2)c(OC)c1. The molecule has 1 N–H and O–H groups in total. The monoisotopic (exact) mass is 418 g/mol. The molecule has 1 aliphatic heterocycles. The zero-order valence-electron chi connectivity index (χ0n) is 14.5. The fourth-order valence-electron chi connectivity index (χ4n) is 2.68. The number of halogens is 1. The van der Waals surface area contributed by atoms with Gasteiger partial charge in [-0.15, -0.1) is 0 Å². The van der Waals surface area contributed by atoms with Crippen LogP contribution in [0.4, 0.5) is 0 Å². The van der Waals surface area contributed by atoms with Gasteiger partial charge in [-0.1, -0.05) is 17.3 Å². The molecule has 0 aromatic heterocycles. The van der Waals surface area contributed by atoms with E-state index in [0.29, 0.717) is 30.0 Å². The second kappa shape index (κ2) is 8.23. The second-order valence-electron chi connectivity index (χ2n) is 5.73. The number of oxime groups is 1. The molecule has 1 atom stereocenters. The quantitative estimate of drug-likeness (QED) is 0.780. The normalized spacial score (nSPS) is 15.8. The van der Waals surface area contributed by atoms with E-state index in [-0.39, 0.29) is 12.0 Å². The minimum absolute atomic E-state index is 0.156. The van der Waals surface area contributed by atoms with Gasteiger partial charge in [-0.25, -0.2) is 0 Å². The zero-order valence-corrected chi connectivity index (χ0v) is 16.1. The molecule has 2 aromatic rings. The third-order valence-corrected chi connectivity index (χ3v) is 4.75. The topological polar surface area (TPSA) is 69.2 Å². The summed E-state index contributed by atoms with van der Waals surface area (Å²) < 4.78 is 11.4. The summed E-state index contributed by atoms with van der Waals surface area (Å²) in [7, 11) is 3.21. The summed E-state index contributed by atoms with van der Waals surface area (Å²) >= 11 is 3.38. The molecule has 7 heteroatoms. The highest BCUT2D eigenvalue weighted by Crippen LogP contribution is 2.28. The van der Waals surface area contributed by atoms with Crippen LogP contribution in [0.1, 0.15) is 22.3 Å². The molecule has 26 heavy (non-hydrogen) atoms. The first-order valence-electron chi connectivity index (χ1n) is 8.10. The molecule has 0 fully saturated rings. The average molecular weight is 419 g/mol. The summed E-state index contributed by atoms with van der Waals surface area (Å²) in [5.74, 6) is 1.23. The van der Waals surface area contributed by atoms with Crippen molar-refractivity contribution >= 4 is 27.5 Å². The van der Waals surface area contributed by atoms with E-state index in [4.69, 9.17) is 14.3 Å². The lowest BCUT2D eigenvalue weighted by Crippen LogP contribution is -2.32. The number of rotatable bonds is 6. The first kappa shape index (κ1) is 18.3. The Morgan fingerprint density at radius 3 is 2.81 bits per heavy atom. The number of nitrogens with zero attached hydrogens (tertiary/aromatic N) is 1. The summed E-state index contributed by atoms with van der Waals surface area (Å²) in [5, 5.41) is 7.04. The minimum Gasteiger partial charge on any atom is -0.497 e. The van der Waals surface area contributed by atoms with Crippen LogP contribution in [-0.2, 0) is 4.84 Å². The maximum Gasteiger partial charge on any atom is 0.252 e. The Morgan fingerprint density at radius 1 is 1.27 bits per heavy atom. The third kappa shape index (κ3) is 3.99. The molecule has 0 saturated heterocycles. The predicted molar refractivity (Wildman–Crippen MR) is 102 cm³/mol. The fourth-order valence-corrected chi connectivity index (χ4v) is 3.15. The van der Waals surface area contributed by atoms with E-state index in [1.54, 1.807) is 26.4 Å². The van der Waals surface area contributed by atoms with Crippen molar-refractivity contribution in [3.8, 4) is 11.5 Å². The van der Waals surface area contributed by atoms with E-state index in [1.807, 2.05) is 30.3 Å². The number of ether oxygens (including phenoxy) is 2. The van der Waals surface area contributed by atoms with E-state index >= 15 is 0 Å². The van der Waals surface area contributed by atoms with Crippen LogP contribution in [-0.4, -0.2) is 38.5 Å². The number of benzene rings is 2. The van der Waals surface area contributed by atoms with Gasteiger partial charge in [-0.05, 0) is 40.2 Å². The van der Waals surface area contributed by atoms with Crippen molar-refractivity contribution in [3.63, 3.8) is 0 Å². The summed E-state index contributed by atoms with van der Waals surface area (Å²) in [4.78, 5) is 17.7. The van der Waals surface area contributed by atoms with Gasteiger partial charge < -0.3 is 19.6 Å². The van der Waals surface area contributed by atoms with Gasteiger partial charge in [-0.3, -0.25) is 4.79 Å². The van der Waals surface area contributed by atoms with Gasteiger partial charge in [0.1, 0.15) is 17.6 Å². The van der Waals surface area contributed by atoms with Crippen LogP contribution in [0.25, 0.3) is 0 Å². The number of hydrogen-bond acceptors (Lipinski definition) is 5. The number of amides is 1. The smallest absolute Gasteiger partial charge is 0.252 e. The number of carbonyl (C=O) groups excluding carboxylic acids is 1. The molecule has 0 unspecified atom stereocenters. The molecule has 0 radical (unpaired) electrons. The van der Waals surface area contributed by atoms with E-state index in [2.05, 4.69) is 26.4 Å². The molecule has 2 aromatic carbocycles. The average Bonchev–Trinajstić information content (AvgIpc) is 3.14. The first-order chi connectivity index (χ1) is 12.6. The van der Waals surface area contributed by atoms with E-state index < -0.39 is 0 Å². The number of carbonyl (C=O) groups is 1. The summed E-state index contributed by atoms with van der Waals surface area (Å²) in [6.45, 7) is 0.367. The molecule has 1 aliphatic rings. The van der Waals surface area contributed by atoms with Crippen LogP contribution < -0.4 is 14.8 Å². The van der Waals surface area contributed by atoms with Crippen LogP contribution in [0.5, 0.6) is 11.5 Å². The minimum atomic E-state index is -0.219. The lowest BCUT2D eigenvalue weighted by molar-refractivity contribution is 0.0753. The van der Waals surface area contributed by atoms with Crippen molar-refractivity contribution in [2.75, 3.05) is 20.8 Å². The van der Waals surface area contributed by atoms with Gasteiger partial charge in [0.2, 0.25) is 0 Å². The Hall–Kier alpha value is -2.54. The van der Waals surface area contributed by atoms with E-state index in [1.165, 1.54) is 0 Å². The molecule has 0 aliphatic carbocycles. The highest BCUT2D eigenvalue weighted by atomic mass is 79.9. The number of nitrogens with one attached hydrogen (secondary N) is 1. The Morgan fingerprint density at radius 2 is 2.08 bits per heavy atom. The lowest BCUT2D eigenvalue weighted by atomic mass is 10.0. The zero-order chi connectivity index (χ0) is 18.5. The molecular formula is C19H19BrN2O4. The van der Waals surface area contributed by atoms with Gasteiger partial charge in [-0.2, -0.15) is 0 Å². The molecule has 1 heterocycles. The summed E-state index contributed by atoms with van der Waals surface area (Å²) in [5.41, 5.74) is 2.22. The van der Waals surface area contributed by atoms with Crippen LogP contribution >= 0.6 is 15.9 Å². The van der Waals surface area contributed by atoms with Crippen LogP contribution in [0.15, 0.2) is 52.1 Å². The van der Waals surface area contributed by atoms with Crippen LogP contribution in [0, 0.1) is 0 Å². The molecule has 3 rings (SSSR count). The molecule has 0 saturated carbocycles. The highest BCUT2D eigenvalue weighted by molar-refractivity contribution is 9.10. The van der Waals surface area contributed by atoms with Crippen LogP contribution in [0.3, 0.4) is 0 Å². The maximum absolute atomic E-state index is 12.3. The summed E-state index contributed by atoms with van der Waals surface area (Å²) in [6, 6.07) is 12.8. The molecule has 136 valence electrons. The van der Waals surface area contributed by atoms with Crippen molar-refractivity contribution in [1.82, 2.24) is 5.32 Å². The van der Waals surface area contributed by atoms with E-state index in [0.717, 1.165) is 15.7 Å². The number of methoxy groups -OCH3 is 2. The van der Waals surface area contributed by atoms with Crippen molar-refractivity contribution < 1.29 is 19.1 Å². The Kier molecular flexibility index (Phi) is 5.78. The molecular weight excluding hydrogens is 400 g/mol. The molecule has 0 bridgehead atoms. The second-order valence-corrected chi connectivity index (χ2v) is 6.58. The van der Waals surface area contributed by atoms with Crippen LogP contribution in [0.2, 0.25) is 0 Å². The van der Waals surface area contributed by atoms with Gasteiger partial charge >= 0.3 is 0 Å². The van der Waals surface area contributed by atoms with E-state index in [9.17, 15) is 4.79 Å². The van der Waals surface area contributed by atoms with Gasteiger partial charge in [0.15, 0.2) is 0 Å². The van der Waals surface area contributed by atoms with Crippen molar-refractivity contribution in [1.29, 1.82) is 0 Å². The fraction of sp³-hybridized carbons (Fsp3) is 0.263.